The summed E-state index contributed by atoms with van der Waals surface area (Å²) in [5.74, 6) is 0.945. The van der Waals surface area contributed by atoms with Crippen molar-refractivity contribution in [2.24, 2.45) is 0 Å². The number of hydrogen-bond donors (Lipinski definition) is 2. The fraction of sp³-hybridized carbons (Fsp3) is 0.222. The van der Waals surface area contributed by atoms with Crippen LogP contribution in [-0.2, 0) is 0 Å². The Kier molecular flexibility index (Phi) is 2.51. The van der Waals surface area contributed by atoms with E-state index < -0.39 is 0 Å². The smallest absolute Gasteiger partial charge is 0.222 e. The summed E-state index contributed by atoms with van der Waals surface area (Å²) in [5, 5.41) is 3.89. The minimum absolute atomic E-state index is 0.269. The Morgan fingerprint density at radius 3 is 2.73 bits per heavy atom. The Balaban J connectivity index is 2.24. The molecule has 0 spiro atoms. The van der Waals surface area contributed by atoms with Crippen molar-refractivity contribution >= 4 is 28.2 Å². The fourth-order valence-corrected chi connectivity index (χ4v) is 1.85. The molecule has 6 heteroatoms. The van der Waals surface area contributed by atoms with Crippen LogP contribution < -0.4 is 11.1 Å². The number of hydrogen-bond acceptors (Lipinski definition) is 6. The van der Waals surface area contributed by atoms with Crippen molar-refractivity contribution in [2.45, 2.75) is 13.8 Å². The molecule has 0 saturated carbocycles. The Hall–Kier alpha value is -1.69. The number of nitrogens with zero attached hydrogens (tertiary/aromatic N) is 3. The molecular weight excluding hydrogens is 210 g/mol. The summed E-state index contributed by atoms with van der Waals surface area (Å²) in [6, 6.07) is 1.83. The maximum atomic E-state index is 5.54. The molecule has 0 saturated heterocycles. The van der Waals surface area contributed by atoms with E-state index in [0.717, 1.165) is 15.7 Å². The second-order valence-electron chi connectivity index (χ2n) is 3.15. The molecule has 0 radical (unpaired) electrons. The van der Waals surface area contributed by atoms with Crippen LogP contribution in [0.5, 0.6) is 0 Å². The van der Waals surface area contributed by atoms with Gasteiger partial charge in [-0.3, -0.25) is 0 Å². The zero-order chi connectivity index (χ0) is 10.8. The van der Waals surface area contributed by atoms with Crippen molar-refractivity contribution in [3.8, 4) is 0 Å². The van der Waals surface area contributed by atoms with Crippen LogP contribution in [0.3, 0.4) is 0 Å². The van der Waals surface area contributed by atoms with Crippen LogP contribution in [0.15, 0.2) is 12.3 Å². The van der Waals surface area contributed by atoms with E-state index in [0.29, 0.717) is 5.82 Å². The molecule has 0 fully saturated rings. The van der Waals surface area contributed by atoms with Crippen LogP contribution in [0.4, 0.5) is 16.9 Å². The summed E-state index contributed by atoms with van der Waals surface area (Å²) in [5.41, 5.74) is 6.37. The highest BCUT2D eigenvalue weighted by Gasteiger charge is 2.02. The summed E-state index contributed by atoms with van der Waals surface area (Å²) < 4.78 is 0. The maximum absolute atomic E-state index is 5.54. The molecular formula is C9H11N5S. The van der Waals surface area contributed by atoms with Crippen LogP contribution in [-0.4, -0.2) is 15.0 Å². The molecule has 5 nitrogen and oxygen atoms in total. The zero-order valence-corrected chi connectivity index (χ0v) is 9.30. The molecule has 0 unspecified atom stereocenters. The molecule has 0 aromatic carbocycles. The van der Waals surface area contributed by atoms with Gasteiger partial charge < -0.3 is 11.1 Å². The fourth-order valence-electron chi connectivity index (χ4n) is 1.18. The van der Waals surface area contributed by atoms with Crippen LogP contribution in [0.1, 0.15) is 10.6 Å². The first-order valence-corrected chi connectivity index (χ1v) is 5.26. The van der Waals surface area contributed by atoms with Gasteiger partial charge in [0.1, 0.15) is 5.82 Å². The molecule has 15 heavy (non-hydrogen) atoms. The summed E-state index contributed by atoms with van der Waals surface area (Å²) >= 11 is 1.57. The normalized spacial score (nSPS) is 10.3. The van der Waals surface area contributed by atoms with Gasteiger partial charge in [-0.2, -0.15) is 4.98 Å². The SMILES string of the molecule is Cc1cc(Nc2ncc(C)s2)nc(N)n1. The molecule has 0 aliphatic rings. The van der Waals surface area contributed by atoms with Gasteiger partial charge in [0.15, 0.2) is 5.13 Å². The van der Waals surface area contributed by atoms with E-state index in [9.17, 15) is 0 Å². The van der Waals surface area contributed by atoms with Crippen molar-refractivity contribution in [3.05, 3.63) is 22.8 Å². The topological polar surface area (TPSA) is 76.7 Å². The predicted octanol–water partition coefficient (Wildman–Crippen LogP) is 1.88. The number of nitrogens with two attached hydrogens (primary N) is 1. The van der Waals surface area contributed by atoms with E-state index in [-0.39, 0.29) is 5.95 Å². The molecule has 2 aromatic rings. The number of nitrogen functional groups attached to an aromatic ring is 1. The predicted molar refractivity (Wildman–Crippen MR) is 61.3 cm³/mol. The second-order valence-corrected chi connectivity index (χ2v) is 4.39. The molecule has 0 amide bonds. The first kappa shape index (κ1) is 9.85. The van der Waals surface area contributed by atoms with Crippen LogP contribution in [0, 0.1) is 13.8 Å². The van der Waals surface area contributed by atoms with Gasteiger partial charge in [0.25, 0.3) is 0 Å². The number of nitrogens with one attached hydrogen (secondary N) is 1. The minimum Gasteiger partial charge on any atom is -0.368 e. The van der Waals surface area contributed by atoms with Gasteiger partial charge in [-0.15, -0.1) is 11.3 Å². The molecule has 0 aliphatic heterocycles. The average molecular weight is 221 g/mol. The zero-order valence-electron chi connectivity index (χ0n) is 8.48. The maximum Gasteiger partial charge on any atom is 0.222 e. The number of thiazole rings is 1. The van der Waals surface area contributed by atoms with Gasteiger partial charge in [0.2, 0.25) is 5.95 Å². The highest BCUT2D eigenvalue weighted by molar-refractivity contribution is 7.15. The number of aromatic nitrogens is 3. The highest BCUT2D eigenvalue weighted by atomic mass is 32.1. The minimum atomic E-state index is 0.269. The Morgan fingerprint density at radius 1 is 1.33 bits per heavy atom. The summed E-state index contributed by atoms with van der Waals surface area (Å²) in [6.45, 7) is 3.87. The van der Waals surface area contributed by atoms with Crippen LogP contribution in [0.25, 0.3) is 0 Å². The van der Waals surface area contributed by atoms with Gasteiger partial charge in [0, 0.05) is 22.8 Å². The van der Waals surface area contributed by atoms with Gasteiger partial charge in [0.05, 0.1) is 0 Å². The molecule has 78 valence electrons. The van der Waals surface area contributed by atoms with Gasteiger partial charge >= 0.3 is 0 Å². The summed E-state index contributed by atoms with van der Waals surface area (Å²) in [7, 11) is 0. The monoisotopic (exact) mass is 221 g/mol. The lowest BCUT2D eigenvalue weighted by Gasteiger charge is -2.02. The first-order chi connectivity index (χ1) is 7.13. The van der Waals surface area contributed by atoms with Crippen LogP contribution >= 0.6 is 11.3 Å². The highest BCUT2D eigenvalue weighted by Crippen LogP contribution is 2.21. The molecule has 0 bridgehead atoms. The molecule has 3 N–H and O–H groups in total. The van der Waals surface area contributed by atoms with E-state index in [4.69, 9.17) is 5.73 Å². The summed E-state index contributed by atoms with van der Waals surface area (Å²) in [4.78, 5) is 13.4. The Labute approximate surface area is 91.4 Å². The average Bonchev–Trinajstić information content (AvgIpc) is 2.49. The van der Waals surface area contributed by atoms with Gasteiger partial charge in [-0.25, -0.2) is 9.97 Å². The van der Waals surface area contributed by atoms with E-state index in [1.54, 1.807) is 11.3 Å². The first-order valence-electron chi connectivity index (χ1n) is 4.44. The standard InChI is InChI=1S/C9H11N5S/c1-5-3-7(13-8(10)12-5)14-9-11-4-6(2)15-9/h3-4H,1-2H3,(H3,10,11,12,13,14). The third-order valence-corrected chi connectivity index (χ3v) is 2.56. The van der Waals surface area contributed by atoms with Crippen molar-refractivity contribution < 1.29 is 0 Å². The number of anilines is 3. The lowest BCUT2D eigenvalue weighted by atomic mass is 10.4. The van der Waals surface area contributed by atoms with Crippen LogP contribution in [0.2, 0.25) is 0 Å². The molecule has 2 aromatic heterocycles. The molecule has 2 heterocycles. The van der Waals surface area contributed by atoms with Gasteiger partial charge in [-0.1, -0.05) is 0 Å². The second kappa shape index (κ2) is 3.82. The quantitative estimate of drug-likeness (QED) is 0.809. The number of rotatable bonds is 2. The van der Waals surface area contributed by atoms with Crippen molar-refractivity contribution in [1.82, 2.24) is 15.0 Å². The Bertz CT molecular complexity index is 459. The van der Waals surface area contributed by atoms with E-state index in [1.807, 2.05) is 26.1 Å². The van der Waals surface area contributed by atoms with Gasteiger partial charge in [-0.05, 0) is 13.8 Å². The molecule has 0 aliphatic carbocycles. The largest absolute Gasteiger partial charge is 0.368 e. The van der Waals surface area contributed by atoms with Crippen molar-refractivity contribution in [1.29, 1.82) is 0 Å². The van der Waals surface area contributed by atoms with E-state index in [2.05, 4.69) is 20.3 Å². The Morgan fingerprint density at radius 2 is 2.13 bits per heavy atom. The third-order valence-electron chi connectivity index (χ3n) is 1.73. The summed E-state index contributed by atoms with van der Waals surface area (Å²) in [6.07, 6.45) is 1.81. The molecule has 2 rings (SSSR count). The van der Waals surface area contributed by atoms with Crippen molar-refractivity contribution in [2.75, 3.05) is 11.1 Å². The van der Waals surface area contributed by atoms with E-state index >= 15 is 0 Å². The van der Waals surface area contributed by atoms with Crippen molar-refractivity contribution in [3.63, 3.8) is 0 Å². The molecule has 0 atom stereocenters. The van der Waals surface area contributed by atoms with E-state index in [1.165, 1.54) is 0 Å². The third kappa shape index (κ3) is 2.41. The lowest BCUT2D eigenvalue weighted by Crippen LogP contribution is -2.00. The number of aryl methyl sites for hydroxylation is 2. The lowest BCUT2D eigenvalue weighted by molar-refractivity contribution is 1.12.